The average molecular weight is 312 g/mol. The minimum absolute atomic E-state index is 0.425. The number of aromatic nitrogens is 3. The number of aryl methyl sites for hydroxylation is 1. The number of anilines is 4. The smallest absolute Gasteiger partial charge is 0.249 e. The van der Waals surface area contributed by atoms with Gasteiger partial charge in [-0.2, -0.15) is 10.1 Å². The summed E-state index contributed by atoms with van der Waals surface area (Å²) in [6, 6.07) is 15.4. The second-order valence-electron chi connectivity index (χ2n) is 4.75. The Morgan fingerprint density at radius 2 is 1.77 bits per heavy atom. The molecule has 0 saturated carbocycles. The molecule has 0 unspecified atom stereocenters. The number of hydrogen-bond acceptors (Lipinski definition) is 5. The molecule has 6 heteroatoms. The van der Waals surface area contributed by atoms with Gasteiger partial charge in [0.05, 0.1) is 6.20 Å². The van der Waals surface area contributed by atoms with Gasteiger partial charge in [0.1, 0.15) is 0 Å². The fourth-order valence-corrected chi connectivity index (χ4v) is 2.07. The Balaban J connectivity index is 1.77. The fraction of sp³-hybridized carbons (Fsp3) is 0.0625. The van der Waals surface area contributed by atoms with Gasteiger partial charge < -0.3 is 10.6 Å². The third-order valence-corrected chi connectivity index (χ3v) is 3.44. The zero-order chi connectivity index (χ0) is 15.4. The van der Waals surface area contributed by atoms with Crippen molar-refractivity contribution in [2.75, 3.05) is 10.6 Å². The molecule has 1 heterocycles. The lowest BCUT2D eigenvalue weighted by molar-refractivity contribution is 0.982. The first-order valence-electron chi connectivity index (χ1n) is 6.76. The minimum atomic E-state index is 0.425. The van der Waals surface area contributed by atoms with Crippen LogP contribution in [-0.4, -0.2) is 15.2 Å². The van der Waals surface area contributed by atoms with Gasteiger partial charge in [-0.1, -0.05) is 35.9 Å². The summed E-state index contributed by atoms with van der Waals surface area (Å²) in [6.45, 7) is 1.96. The van der Waals surface area contributed by atoms with E-state index in [1.54, 1.807) is 6.20 Å². The van der Waals surface area contributed by atoms with Crippen LogP contribution >= 0.6 is 11.6 Å². The Labute approximate surface area is 133 Å². The topological polar surface area (TPSA) is 62.7 Å². The molecule has 0 saturated heterocycles. The first-order valence-corrected chi connectivity index (χ1v) is 7.13. The van der Waals surface area contributed by atoms with Gasteiger partial charge in [0.25, 0.3) is 0 Å². The maximum atomic E-state index is 6.12. The van der Waals surface area contributed by atoms with Crippen molar-refractivity contribution in [1.82, 2.24) is 15.2 Å². The molecule has 5 nitrogen and oxygen atoms in total. The molecular weight excluding hydrogens is 298 g/mol. The summed E-state index contributed by atoms with van der Waals surface area (Å²) in [6.07, 6.45) is 1.56. The van der Waals surface area contributed by atoms with Crippen LogP contribution in [-0.2, 0) is 0 Å². The van der Waals surface area contributed by atoms with Crippen molar-refractivity contribution in [1.29, 1.82) is 0 Å². The average Bonchev–Trinajstić information content (AvgIpc) is 2.52. The van der Waals surface area contributed by atoms with Crippen LogP contribution < -0.4 is 10.6 Å². The van der Waals surface area contributed by atoms with Gasteiger partial charge in [-0.05, 0) is 36.8 Å². The third-order valence-electron chi connectivity index (χ3n) is 3.03. The molecule has 0 atom stereocenters. The van der Waals surface area contributed by atoms with E-state index < -0.39 is 0 Å². The Morgan fingerprint density at radius 3 is 2.55 bits per heavy atom. The van der Waals surface area contributed by atoms with E-state index in [1.807, 2.05) is 55.5 Å². The van der Waals surface area contributed by atoms with Crippen molar-refractivity contribution >= 4 is 34.7 Å². The van der Waals surface area contributed by atoms with Crippen molar-refractivity contribution < 1.29 is 0 Å². The Hall–Kier alpha value is -2.66. The van der Waals surface area contributed by atoms with Crippen molar-refractivity contribution in [3.63, 3.8) is 0 Å². The summed E-state index contributed by atoms with van der Waals surface area (Å²) in [5.74, 6) is 1.02. The first-order chi connectivity index (χ1) is 10.7. The van der Waals surface area contributed by atoms with Gasteiger partial charge in [0.2, 0.25) is 5.95 Å². The molecule has 0 bridgehead atoms. The molecule has 0 aliphatic heterocycles. The van der Waals surface area contributed by atoms with Crippen LogP contribution in [0.5, 0.6) is 0 Å². The van der Waals surface area contributed by atoms with E-state index in [9.17, 15) is 0 Å². The van der Waals surface area contributed by atoms with Crippen LogP contribution in [0, 0.1) is 6.92 Å². The van der Waals surface area contributed by atoms with Crippen LogP contribution in [0.15, 0.2) is 54.7 Å². The molecule has 3 rings (SSSR count). The lowest BCUT2D eigenvalue weighted by atomic mass is 10.2. The van der Waals surface area contributed by atoms with Crippen molar-refractivity contribution in [2.45, 2.75) is 6.92 Å². The molecule has 2 N–H and O–H groups in total. The van der Waals surface area contributed by atoms with E-state index in [-0.39, 0.29) is 0 Å². The summed E-state index contributed by atoms with van der Waals surface area (Å²) in [5.41, 5.74) is 2.78. The number of nitrogens with one attached hydrogen (secondary N) is 2. The normalized spacial score (nSPS) is 10.3. The number of rotatable bonds is 4. The zero-order valence-electron chi connectivity index (χ0n) is 11.9. The monoisotopic (exact) mass is 311 g/mol. The SMILES string of the molecule is Cc1ccc(Nc2cnnc(Nc3ccccc3)n2)cc1Cl. The molecule has 0 radical (unpaired) electrons. The highest BCUT2D eigenvalue weighted by atomic mass is 35.5. The van der Waals surface area contributed by atoms with Gasteiger partial charge in [-0.25, -0.2) is 0 Å². The second-order valence-corrected chi connectivity index (χ2v) is 5.15. The molecule has 0 aliphatic rings. The largest absolute Gasteiger partial charge is 0.339 e. The van der Waals surface area contributed by atoms with E-state index in [2.05, 4.69) is 25.8 Å². The first kappa shape index (κ1) is 14.3. The van der Waals surface area contributed by atoms with E-state index in [0.717, 1.165) is 16.9 Å². The van der Waals surface area contributed by atoms with Gasteiger partial charge in [-0.15, -0.1) is 5.10 Å². The van der Waals surface area contributed by atoms with Gasteiger partial charge in [-0.3, -0.25) is 0 Å². The molecule has 0 spiro atoms. The van der Waals surface area contributed by atoms with Crippen LogP contribution in [0.2, 0.25) is 5.02 Å². The highest BCUT2D eigenvalue weighted by Gasteiger charge is 2.03. The molecule has 0 aliphatic carbocycles. The molecule has 2 aromatic carbocycles. The highest BCUT2D eigenvalue weighted by molar-refractivity contribution is 6.31. The number of nitrogens with zero attached hydrogens (tertiary/aromatic N) is 3. The number of benzene rings is 2. The number of halogens is 1. The number of hydrogen-bond donors (Lipinski definition) is 2. The van der Waals surface area contributed by atoms with Gasteiger partial charge in [0.15, 0.2) is 5.82 Å². The van der Waals surface area contributed by atoms with E-state index in [4.69, 9.17) is 11.6 Å². The summed E-state index contributed by atoms with van der Waals surface area (Å²) >= 11 is 6.12. The van der Waals surface area contributed by atoms with Gasteiger partial charge >= 0.3 is 0 Å². The highest BCUT2D eigenvalue weighted by Crippen LogP contribution is 2.22. The van der Waals surface area contributed by atoms with E-state index >= 15 is 0 Å². The standard InChI is InChI=1S/C16H14ClN5/c1-11-7-8-13(9-14(11)17)19-15-10-18-22-16(21-15)20-12-5-3-2-4-6-12/h2-10H,1H3,(H2,19,20,21,22). The second kappa shape index (κ2) is 6.41. The molecular formula is C16H14ClN5. The lowest BCUT2D eigenvalue weighted by Gasteiger charge is -2.08. The maximum absolute atomic E-state index is 6.12. The molecule has 0 fully saturated rings. The predicted octanol–water partition coefficient (Wildman–Crippen LogP) is 4.32. The van der Waals surface area contributed by atoms with Crippen LogP contribution in [0.4, 0.5) is 23.1 Å². The summed E-state index contributed by atoms with van der Waals surface area (Å²) in [7, 11) is 0. The Kier molecular flexibility index (Phi) is 4.16. The molecule has 3 aromatic rings. The summed E-state index contributed by atoms with van der Waals surface area (Å²) < 4.78 is 0. The molecule has 22 heavy (non-hydrogen) atoms. The maximum Gasteiger partial charge on any atom is 0.249 e. The van der Waals surface area contributed by atoms with Crippen molar-refractivity contribution in [3.8, 4) is 0 Å². The minimum Gasteiger partial charge on any atom is -0.339 e. The predicted molar refractivity (Wildman–Crippen MR) is 89.0 cm³/mol. The Morgan fingerprint density at radius 1 is 0.955 bits per heavy atom. The van der Waals surface area contributed by atoms with Crippen molar-refractivity contribution in [2.24, 2.45) is 0 Å². The lowest BCUT2D eigenvalue weighted by Crippen LogP contribution is -2.02. The van der Waals surface area contributed by atoms with Crippen LogP contribution in [0.3, 0.4) is 0 Å². The molecule has 1 aromatic heterocycles. The van der Waals surface area contributed by atoms with Crippen LogP contribution in [0.1, 0.15) is 5.56 Å². The summed E-state index contributed by atoms with van der Waals surface area (Å²) in [4.78, 5) is 4.38. The van der Waals surface area contributed by atoms with Crippen LogP contribution in [0.25, 0.3) is 0 Å². The van der Waals surface area contributed by atoms with E-state index in [0.29, 0.717) is 16.8 Å². The third kappa shape index (κ3) is 3.51. The van der Waals surface area contributed by atoms with E-state index in [1.165, 1.54) is 0 Å². The Bertz CT molecular complexity index is 776. The summed E-state index contributed by atoms with van der Waals surface area (Å²) in [5, 5.41) is 14.9. The molecule has 0 amide bonds. The fourth-order valence-electron chi connectivity index (χ4n) is 1.89. The van der Waals surface area contributed by atoms with Gasteiger partial charge in [0, 0.05) is 16.4 Å². The number of para-hydroxylation sites is 1. The molecule has 110 valence electrons. The van der Waals surface area contributed by atoms with Crippen molar-refractivity contribution in [3.05, 3.63) is 65.3 Å². The quantitative estimate of drug-likeness (QED) is 0.751. The zero-order valence-corrected chi connectivity index (χ0v) is 12.7.